The molecule has 0 atom stereocenters. The molecular weight excluding hydrogens is 312 g/mol. The third kappa shape index (κ3) is 7.04. The van der Waals surface area contributed by atoms with Gasteiger partial charge in [0.05, 0.1) is 13.2 Å². The van der Waals surface area contributed by atoms with E-state index in [9.17, 15) is 0 Å². The van der Waals surface area contributed by atoms with Crippen molar-refractivity contribution < 1.29 is 4.74 Å². The van der Waals surface area contributed by atoms with E-state index in [0.29, 0.717) is 0 Å². The van der Waals surface area contributed by atoms with E-state index in [-0.39, 0.29) is 5.41 Å². The van der Waals surface area contributed by atoms with Gasteiger partial charge in [0.25, 0.3) is 0 Å². The summed E-state index contributed by atoms with van der Waals surface area (Å²) in [7, 11) is 1.83. The summed E-state index contributed by atoms with van der Waals surface area (Å²) >= 11 is 0. The molecule has 1 aromatic carbocycles. The summed E-state index contributed by atoms with van der Waals surface area (Å²) in [6.07, 6.45) is 2.36. The van der Waals surface area contributed by atoms with Crippen LogP contribution >= 0.6 is 0 Å². The highest BCUT2D eigenvalue weighted by Crippen LogP contribution is 2.21. The number of rotatable bonds is 8. The lowest BCUT2D eigenvalue weighted by Crippen LogP contribution is -2.43. The number of benzene rings is 1. The molecule has 0 aliphatic carbocycles. The van der Waals surface area contributed by atoms with Crippen molar-refractivity contribution in [1.82, 2.24) is 15.5 Å². The molecular formula is C20H34N4O. The zero-order valence-electron chi connectivity index (χ0n) is 16.1. The van der Waals surface area contributed by atoms with Crippen LogP contribution in [0.2, 0.25) is 0 Å². The van der Waals surface area contributed by atoms with Crippen molar-refractivity contribution in [1.29, 1.82) is 0 Å². The van der Waals surface area contributed by atoms with Crippen molar-refractivity contribution in [2.45, 2.75) is 32.1 Å². The fourth-order valence-electron chi connectivity index (χ4n) is 3.01. The molecule has 140 valence electrons. The first-order chi connectivity index (χ1) is 12.1. The summed E-state index contributed by atoms with van der Waals surface area (Å²) in [6, 6.07) is 10.6. The first-order valence-corrected chi connectivity index (χ1v) is 9.42. The van der Waals surface area contributed by atoms with Crippen LogP contribution in [0.4, 0.5) is 0 Å². The highest BCUT2D eigenvalue weighted by atomic mass is 16.5. The minimum atomic E-state index is 0.0647. The monoisotopic (exact) mass is 346 g/mol. The van der Waals surface area contributed by atoms with Crippen molar-refractivity contribution in [2.75, 3.05) is 53.0 Å². The maximum atomic E-state index is 5.38. The smallest absolute Gasteiger partial charge is 0.191 e. The van der Waals surface area contributed by atoms with Gasteiger partial charge in [0.15, 0.2) is 5.96 Å². The van der Waals surface area contributed by atoms with Crippen LogP contribution < -0.4 is 10.6 Å². The summed E-state index contributed by atoms with van der Waals surface area (Å²) in [5.74, 6) is 0.885. The molecule has 1 aliphatic heterocycles. The standard InChI is InChI=1S/C20H34N4O/c1-20(2,18-9-5-4-6-10-18)17-23-19(21-3)22-11-7-8-12-24-13-15-25-16-14-24/h4-6,9-10H,7-8,11-17H2,1-3H3,(H2,21,22,23). The summed E-state index contributed by atoms with van der Waals surface area (Å²) in [6.45, 7) is 11.4. The van der Waals surface area contributed by atoms with Gasteiger partial charge >= 0.3 is 0 Å². The van der Waals surface area contributed by atoms with Crippen molar-refractivity contribution >= 4 is 5.96 Å². The molecule has 0 unspecified atom stereocenters. The molecule has 1 aromatic rings. The molecule has 0 radical (unpaired) electrons. The lowest BCUT2D eigenvalue weighted by atomic mass is 9.85. The number of hydrogen-bond acceptors (Lipinski definition) is 3. The second-order valence-corrected chi connectivity index (χ2v) is 7.26. The Morgan fingerprint density at radius 1 is 1.12 bits per heavy atom. The lowest BCUT2D eigenvalue weighted by molar-refractivity contribution is 0.0372. The van der Waals surface area contributed by atoms with E-state index >= 15 is 0 Å². The van der Waals surface area contributed by atoms with Gasteiger partial charge in [0, 0.05) is 38.6 Å². The normalized spacial score (nSPS) is 16.7. The van der Waals surface area contributed by atoms with E-state index in [0.717, 1.165) is 58.3 Å². The molecule has 5 nitrogen and oxygen atoms in total. The summed E-state index contributed by atoms with van der Waals surface area (Å²) in [4.78, 5) is 6.82. The quantitative estimate of drug-likeness (QED) is 0.431. The van der Waals surface area contributed by atoms with E-state index in [1.807, 2.05) is 7.05 Å². The molecule has 1 saturated heterocycles. The number of morpholine rings is 1. The average molecular weight is 347 g/mol. The molecule has 0 aromatic heterocycles. The maximum Gasteiger partial charge on any atom is 0.191 e. The summed E-state index contributed by atoms with van der Waals surface area (Å²) in [5, 5.41) is 6.89. The number of aliphatic imine (C=N–C) groups is 1. The van der Waals surface area contributed by atoms with Gasteiger partial charge in [-0.1, -0.05) is 44.2 Å². The highest BCUT2D eigenvalue weighted by molar-refractivity contribution is 5.79. The van der Waals surface area contributed by atoms with Crippen molar-refractivity contribution in [3.8, 4) is 0 Å². The fraction of sp³-hybridized carbons (Fsp3) is 0.650. The van der Waals surface area contributed by atoms with Gasteiger partial charge in [-0.25, -0.2) is 0 Å². The van der Waals surface area contributed by atoms with Gasteiger partial charge in [-0.3, -0.25) is 9.89 Å². The van der Waals surface area contributed by atoms with E-state index in [2.05, 4.69) is 64.7 Å². The topological polar surface area (TPSA) is 48.9 Å². The van der Waals surface area contributed by atoms with Crippen LogP contribution in [0, 0.1) is 0 Å². The Morgan fingerprint density at radius 3 is 2.52 bits per heavy atom. The number of unbranched alkanes of at least 4 members (excludes halogenated alkanes) is 1. The van der Waals surface area contributed by atoms with Crippen LogP contribution in [-0.4, -0.2) is 63.8 Å². The van der Waals surface area contributed by atoms with Gasteiger partial charge in [-0.2, -0.15) is 0 Å². The zero-order chi connectivity index (χ0) is 18.0. The molecule has 0 spiro atoms. The Balaban J connectivity index is 1.63. The molecule has 5 heteroatoms. The minimum Gasteiger partial charge on any atom is -0.379 e. The number of hydrogen-bond donors (Lipinski definition) is 2. The number of ether oxygens (including phenoxy) is 1. The van der Waals surface area contributed by atoms with Gasteiger partial charge < -0.3 is 15.4 Å². The van der Waals surface area contributed by atoms with Crippen LogP contribution in [0.1, 0.15) is 32.3 Å². The summed E-state index contributed by atoms with van der Waals surface area (Å²) in [5.41, 5.74) is 1.40. The SMILES string of the molecule is CN=C(NCCCCN1CCOCC1)NCC(C)(C)c1ccccc1. The zero-order valence-corrected chi connectivity index (χ0v) is 16.1. The van der Waals surface area contributed by atoms with Crippen LogP contribution in [0.3, 0.4) is 0 Å². The third-order valence-electron chi connectivity index (χ3n) is 4.77. The molecule has 1 aliphatic rings. The Bertz CT molecular complexity index is 510. The van der Waals surface area contributed by atoms with Crippen LogP contribution in [-0.2, 0) is 10.2 Å². The Kier molecular flexibility index (Phi) is 8.22. The van der Waals surface area contributed by atoms with Crippen molar-refractivity contribution in [3.05, 3.63) is 35.9 Å². The maximum absolute atomic E-state index is 5.38. The highest BCUT2D eigenvalue weighted by Gasteiger charge is 2.20. The molecule has 1 heterocycles. The molecule has 0 bridgehead atoms. The molecule has 2 N–H and O–H groups in total. The summed E-state index contributed by atoms with van der Waals surface area (Å²) < 4.78 is 5.38. The first kappa shape index (κ1) is 19.7. The van der Waals surface area contributed by atoms with E-state index in [4.69, 9.17) is 4.74 Å². The number of nitrogens with zero attached hydrogens (tertiary/aromatic N) is 2. The van der Waals surface area contributed by atoms with Gasteiger partial charge in [-0.05, 0) is 24.9 Å². The van der Waals surface area contributed by atoms with Gasteiger partial charge in [0.2, 0.25) is 0 Å². The Labute approximate surface area is 152 Å². The van der Waals surface area contributed by atoms with Gasteiger partial charge in [0.1, 0.15) is 0 Å². The van der Waals surface area contributed by atoms with Crippen LogP contribution in [0.25, 0.3) is 0 Å². The van der Waals surface area contributed by atoms with E-state index in [1.165, 1.54) is 12.0 Å². The molecule has 1 fully saturated rings. The largest absolute Gasteiger partial charge is 0.379 e. The second kappa shape index (κ2) is 10.4. The van der Waals surface area contributed by atoms with Crippen molar-refractivity contribution in [3.63, 3.8) is 0 Å². The average Bonchev–Trinajstić information content (AvgIpc) is 2.65. The van der Waals surface area contributed by atoms with E-state index in [1.54, 1.807) is 0 Å². The van der Waals surface area contributed by atoms with E-state index < -0.39 is 0 Å². The number of guanidine groups is 1. The predicted octanol–water partition coefficient (Wildman–Crippen LogP) is 2.24. The lowest BCUT2D eigenvalue weighted by Gasteiger charge is -2.27. The Morgan fingerprint density at radius 2 is 1.84 bits per heavy atom. The second-order valence-electron chi connectivity index (χ2n) is 7.26. The number of nitrogens with one attached hydrogen (secondary N) is 2. The van der Waals surface area contributed by atoms with Crippen LogP contribution in [0.15, 0.2) is 35.3 Å². The molecule has 25 heavy (non-hydrogen) atoms. The third-order valence-corrected chi connectivity index (χ3v) is 4.77. The Hall–Kier alpha value is -1.59. The first-order valence-electron chi connectivity index (χ1n) is 9.42. The predicted molar refractivity (Wildman–Crippen MR) is 105 cm³/mol. The molecule has 0 amide bonds. The molecule has 0 saturated carbocycles. The van der Waals surface area contributed by atoms with Gasteiger partial charge in [-0.15, -0.1) is 0 Å². The minimum absolute atomic E-state index is 0.0647. The molecule has 2 rings (SSSR count). The fourth-order valence-corrected chi connectivity index (χ4v) is 3.01. The van der Waals surface area contributed by atoms with Crippen LogP contribution in [0.5, 0.6) is 0 Å². The van der Waals surface area contributed by atoms with Crippen molar-refractivity contribution in [2.24, 2.45) is 4.99 Å².